The molecule has 96 valence electrons. The summed E-state index contributed by atoms with van der Waals surface area (Å²) >= 11 is 0. The Bertz CT molecular complexity index is 476. The van der Waals surface area contributed by atoms with Crippen LogP contribution in [0.4, 0.5) is 0 Å². The van der Waals surface area contributed by atoms with Crippen LogP contribution in [0.25, 0.3) is 0 Å². The van der Waals surface area contributed by atoms with E-state index in [2.05, 4.69) is 4.99 Å². The summed E-state index contributed by atoms with van der Waals surface area (Å²) < 4.78 is 9.98. The number of carbonyl (C=O) groups excluding carboxylic acids is 1. The van der Waals surface area contributed by atoms with Gasteiger partial charge in [0.15, 0.2) is 17.8 Å². The monoisotopic (exact) mass is 250 g/mol. The number of hydrogen-bond donors (Lipinski definition) is 1. The fourth-order valence-electron chi connectivity index (χ4n) is 1.70. The number of aliphatic hydroxyl groups is 1. The Balaban J connectivity index is 2.31. The molecule has 2 heterocycles. The smallest absolute Gasteiger partial charge is 0.340 e. The first kappa shape index (κ1) is 12.4. The summed E-state index contributed by atoms with van der Waals surface area (Å²) in [5, 5.41) is 10.1. The number of aliphatic hydroxyl groups excluding tert-OH is 1. The van der Waals surface area contributed by atoms with Gasteiger partial charge in [-0.05, 0) is 19.1 Å². The summed E-state index contributed by atoms with van der Waals surface area (Å²) in [7, 11) is 1.52. The minimum atomic E-state index is -1.12. The molecule has 2 aliphatic heterocycles. The molecule has 0 saturated carbocycles. The van der Waals surface area contributed by atoms with Crippen molar-refractivity contribution >= 4 is 11.8 Å². The number of nitrogens with zero attached hydrogens (tertiary/aromatic N) is 2. The highest BCUT2D eigenvalue weighted by atomic mass is 16.5. The third-order valence-electron chi connectivity index (χ3n) is 2.56. The number of allylic oxidation sites excluding steroid dienone is 2. The standard InChI is InChI=1S/C12H14N2O4/c1-3-18-12(16)8-7-13-10-9(17-2)5-4-6-14(10)11(8)15/h4-7,11,15H,3H2,1-2H3. The Hall–Kier alpha value is -2.08. The average molecular weight is 250 g/mol. The molecule has 0 spiro atoms. The molecule has 0 fully saturated rings. The van der Waals surface area contributed by atoms with Gasteiger partial charge in [-0.1, -0.05) is 0 Å². The van der Waals surface area contributed by atoms with Gasteiger partial charge in [-0.15, -0.1) is 0 Å². The Labute approximate surface area is 105 Å². The lowest BCUT2D eigenvalue weighted by Gasteiger charge is -2.32. The number of ether oxygens (including phenoxy) is 2. The zero-order valence-corrected chi connectivity index (χ0v) is 10.2. The third-order valence-corrected chi connectivity index (χ3v) is 2.56. The Kier molecular flexibility index (Phi) is 3.47. The summed E-state index contributed by atoms with van der Waals surface area (Å²) in [6.07, 6.45) is 5.24. The van der Waals surface area contributed by atoms with Crippen molar-refractivity contribution in [3.8, 4) is 0 Å². The predicted molar refractivity (Wildman–Crippen MR) is 64.2 cm³/mol. The van der Waals surface area contributed by atoms with Crippen molar-refractivity contribution in [1.82, 2.24) is 4.90 Å². The second-order valence-corrected chi connectivity index (χ2v) is 3.62. The number of carbonyl (C=O) groups is 1. The minimum Gasteiger partial charge on any atom is -0.493 e. The molecular formula is C12H14N2O4. The van der Waals surface area contributed by atoms with E-state index in [9.17, 15) is 9.90 Å². The number of hydrogen-bond acceptors (Lipinski definition) is 6. The van der Waals surface area contributed by atoms with Crippen LogP contribution in [0.15, 0.2) is 40.9 Å². The van der Waals surface area contributed by atoms with Crippen LogP contribution in [0, 0.1) is 0 Å². The molecule has 0 radical (unpaired) electrons. The second kappa shape index (κ2) is 5.05. The lowest BCUT2D eigenvalue weighted by atomic mass is 10.1. The van der Waals surface area contributed by atoms with Crippen LogP contribution < -0.4 is 0 Å². The molecule has 6 heteroatoms. The van der Waals surface area contributed by atoms with Crippen LogP contribution in [-0.2, 0) is 14.3 Å². The number of amidine groups is 1. The van der Waals surface area contributed by atoms with Crippen LogP contribution in [0.2, 0.25) is 0 Å². The maximum Gasteiger partial charge on any atom is 0.340 e. The largest absolute Gasteiger partial charge is 0.493 e. The summed E-state index contributed by atoms with van der Waals surface area (Å²) in [5.41, 5.74) is 0.0996. The fourth-order valence-corrected chi connectivity index (χ4v) is 1.70. The van der Waals surface area contributed by atoms with Crippen molar-refractivity contribution in [2.75, 3.05) is 13.7 Å². The zero-order valence-electron chi connectivity index (χ0n) is 10.2. The van der Waals surface area contributed by atoms with E-state index in [0.717, 1.165) is 0 Å². The third kappa shape index (κ3) is 2.02. The number of fused-ring (bicyclic) bond motifs is 1. The van der Waals surface area contributed by atoms with Crippen LogP contribution in [0.1, 0.15) is 6.92 Å². The van der Waals surface area contributed by atoms with Gasteiger partial charge in [0.05, 0.1) is 13.7 Å². The molecule has 0 aromatic heterocycles. The van der Waals surface area contributed by atoms with E-state index in [1.165, 1.54) is 18.2 Å². The fraction of sp³-hybridized carbons (Fsp3) is 0.333. The summed E-state index contributed by atoms with van der Waals surface area (Å²) in [5.74, 6) is 0.408. The normalized spacial score (nSPS) is 21.6. The molecule has 6 nitrogen and oxygen atoms in total. The van der Waals surface area contributed by atoms with Crippen LogP contribution in [0.5, 0.6) is 0 Å². The van der Waals surface area contributed by atoms with Crippen LogP contribution >= 0.6 is 0 Å². The number of esters is 1. The van der Waals surface area contributed by atoms with E-state index in [1.54, 1.807) is 25.3 Å². The lowest BCUT2D eigenvalue weighted by Crippen LogP contribution is -2.43. The number of methoxy groups -OCH3 is 1. The highest BCUT2D eigenvalue weighted by Crippen LogP contribution is 2.23. The van der Waals surface area contributed by atoms with Gasteiger partial charge in [0.2, 0.25) is 0 Å². The van der Waals surface area contributed by atoms with Gasteiger partial charge in [0.1, 0.15) is 5.57 Å². The van der Waals surface area contributed by atoms with E-state index < -0.39 is 12.2 Å². The molecule has 0 aliphatic carbocycles. The first-order valence-electron chi connectivity index (χ1n) is 5.53. The molecule has 18 heavy (non-hydrogen) atoms. The van der Waals surface area contributed by atoms with Crippen molar-refractivity contribution < 1.29 is 19.4 Å². The summed E-state index contributed by atoms with van der Waals surface area (Å²) in [6.45, 7) is 1.95. The molecule has 2 aliphatic rings. The SMILES string of the molecule is CCOC(=O)C1=CN=C2C(OC)=CC=CN2C1O. The maximum absolute atomic E-state index is 11.6. The predicted octanol–water partition coefficient (Wildman–Crippen LogP) is 0.524. The molecule has 1 atom stereocenters. The highest BCUT2D eigenvalue weighted by molar-refractivity contribution is 6.02. The maximum atomic E-state index is 11.6. The van der Waals surface area contributed by atoms with Crippen LogP contribution in [-0.4, -0.2) is 41.8 Å². The van der Waals surface area contributed by atoms with Crippen molar-refractivity contribution in [3.63, 3.8) is 0 Å². The van der Waals surface area contributed by atoms with Gasteiger partial charge in [0, 0.05) is 12.4 Å². The highest BCUT2D eigenvalue weighted by Gasteiger charge is 2.33. The zero-order chi connectivity index (χ0) is 13.1. The molecular weight excluding hydrogens is 236 g/mol. The molecule has 0 aromatic carbocycles. The van der Waals surface area contributed by atoms with Crippen molar-refractivity contribution in [3.05, 3.63) is 35.9 Å². The minimum absolute atomic E-state index is 0.0996. The molecule has 0 amide bonds. The lowest BCUT2D eigenvalue weighted by molar-refractivity contribution is -0.140. The van der Waals surface area contributed by atoms with E-state index >= 15 is 0 Å². The van der Waals surface area contributed by atoms with Gasteiger partial charge < -0.3 is 14.6 Å². The number of rotatable bonds is 3. The van der Waals surface area contributed by atoms with Gasteiger partial charge >= 0.3 is 5.97 Å². The molecule has 0 bridgehead atoms. The van der Waals surface area contributed by atoms with Crippen molar-refractivity contribution in [1.29, 1.82) is 0 Å². The van der Waals surface area contributed by atoms with Crippen molar-refractivity contribution in [2.45, 2.75) is 13.2 Å². The first-order valence-corrected chi connectivity index (χ1v) is 5.53. The van der Waals surface area contributed by atoms with Gasteiger partial charge in [0.25, 0.3) is 0 Å². The molecule has 1 unspecified atom stereocenters. The topological polar surface area (TPSA) is 71.4 Å². The van der Waals surface area contributed by atoms with Gasteiger partial charge in [-0.2, -0.15) is 0 Å². The van der Waals surface area contributed by atoms with E-state index in [0.29, 0.717) is 11.6 Å². The Morgan fingerprint density at radius 3 is 3.06 bits per heavy atom. The van der Waals surface area contributed by atoms with E-state index in [-0.39, 0.29) is 12.2 Å². The van der Waals surface area contributed by atoms with E-state index in [4.69, 9.17) is 9.47 Å². The van der Waals surface area contributed by atoms with Gasteiger partial charge in [-0.3, -0.25) is 4.90 Å². The molecule has 1 N–H and O–H groups in total. The van der Waals surface area contributed by atoms with Gasteiger partial charge in [-0.25, -0.2) is 9.79 Å². The average Bonchev–Trinajstić information content (AvgIpc) is 2.39. The second-order valence-electron chi connectivity index (χ2n) is 3.62. The first-order chi connectivity index (χ1) is 8.69. The molecule has 0 saturated heterocycles. The Morgan fingerprint density at radius 2 is 2.39 bits per heavy atom. The van der Waals surface area contributed by atoms with Crippen molar-refractivity contribution in [2.24, 2.45) is 4.99 Å². The molecule has 2 rings (SSSR count). The number of aliphatic imine (C=N–C) groups is 1. The van der Waals surface area contributed by atoms with E-state index in [1.807, 2.05) is 0 Å². The summed E-state index contributed by atoms with van der Waals surface area (Å²) in [4.78, 5) is 17.2. The quantitative estimate of drug-likeness (QED) is 0.739. The summed E-state index contributed by atoms with van der Waals surface area (Å²) in [6, 6.07) is 0. The Morgan fingerprint density at radius 1 is 1.61 bits per heavy atom. The van der Waals surface area contributed by atoms with Crippen LogP contribution in [0.3, 0.4) is 0 Å². The molecule has 0 aromatic rings.